The second kappa shape index (κ2) is 5.62. The number of carbonyl (C=O) groups excluding carboxylic acids is 1. The number of rotatable bonds is 3. The Bertz CT molecular complexity index is 375. The van der Waals surface area contributed by atoms with Crippen molar-refractivity contribution in [3.05, 3.63) is 0 Å². The van der Waals surface area contributed by atoms with E-state index in [0.717, 1.165) is 19.3 Å². The van der Waals surface area contributed by atoms with Gasteiger partial charge in [-0.05, 0) is 37.0 Å². The molecule has 1 rings (SSSR count). The molecule has 0 aromatic heterocycles. The summed E-state index contributed by atoms with van der Waals surface area (Å²) in [6, 6.07) is -1.03. The Morgan fingerprint density at radius 3 is 2.05 bits per heavy atom. The number of nitrogens with one attached hydrogen (secondary N) is 1. The number of hydrogen-bond acceptors (Lipinski definition) is 2. The maximum atomic E-state index is 12.1. The molecule has 1 unspecified atom stereocenters. The predicted molar refractivity (Wildman–Crippen MR) is 78.6 cm³/mol. The standard InChI is InChI=1S/C15H28N2O3/c1-10(12(18)19)17(6)13(20)16-11-7-14(2,3)9-15(4,5)8-11/h10-11H,7-9H2,1-6H3,(H,16,20)(H,18,19). The summed E-state index contributed by atoms with van der Waals surface area (Å²) < 4.78 is 0. The quantitative estimate of drug-likeness (QED) is 0.837. The van der Waals surface area contributed by atoms with Crippen LogP contribution in [-0.2, 0) is 4.79 Å². The molecule has 2 amide bonds. The highest BCUT2D eigenvalue weighted by atomic mass is 16.4. The van der Waals surface area contributed by atoms with Crippen molar-refractivity contribution in [1.29, 1.82) is 0 Å². The first-order valence-electron chi connectivity index (χ1n) is 7.20. The lowest BCUT2D eigenvalue weighted by molar-refractivity contribution is -0.141. The molecular formula is C15H28N2O3. The van der Waals surface area contributed by atoms with Gasteiger partial charge in [-0.1, -0.05) is 27.7 Å². The average molecular weight is 284 g/mol. The van der Waals surface area contributed by atoms with Gasteiger partial charge in [0.15, 0.2) is 0 Å². The van der Waals surface area contributed by atoms with Gasteiger partial charge in [0.25, 0.3) is 0 Å². The van der Waals surface area contributed by atoms with Gasteiger partial charge >= 0.3 is 12.0 Å². The number of nitrogens with zero attached hydrogens (tertiary/aromatic N) is 1. The first-order valence-corrected chi connectivity index (χ1v) is 7.20. The van der Waals surface area contributed by atoms with Gasteiger partial charge in [-0.2, -0.15) is 0 Å². The zero-order valence-corrected chi connectivity index (χ0v) is 13.5. The zero-order chi connectivity index (χ0) is 15.7. The summed E-state index contributed by atoms with van der Waals surface area (Å²) in [5.74, 6) is -0.994. The molecule has 0 aromatic carbocycles. The van der Waals surface area contributed by atoms with Crippen molar-refractivity contribution >= 4 is 12.0 Å². The Labute approximate surface area is 121 Å². The number of carboxylic acids is 1. The minimum absolute atomic E-state index is 0.102. The Balaban J connectivity index is 2.68. The van der Waals surface area contributed by atoms with Crippen LogP contribution < -0.4 is 5.32 Å². The molecule has 5 nitrogen and oxygen atoms in total. The molecule has 1 atom stereocenters. The van der Waals surface area contributed by atoms with Crippen LogP contribution >= 0.6 is 0 Å². The molecule has 0 aromatic rings. The van der Waals surface area contributed by atoms with Gasteiger partial charge in [0, 0.05) is 13.1 Å². The van der Waals surface area contributed by atoms with Gasteiger partial charge in [0.05, 0.1) is 0 Å². The molecule has 2 N–H and O–H groups in total. The molecule has 1 fully saturated rings. The summed E-state index contributed by atoms with van der Waals surface area (Å²) in [4.78, 5) is 24.3. The first kappa shape index (κ1) is 16.8. The Morgan fingerprint density at radius 1 is 1.20 bits per heavy atom. The van der Waals surface area contributed by atoms with E-state index in [1.54, 1.807) is 0 Å². The molecule has 1 saturated carbocycles. The van der Waals surface area contributed by atoms with Crippen molar-refractivity contribution in [2.45, 2.75) is 66.0 Å². The molecule has 1 aliphatic rings. The van der Waals surface area contributed by atoms with Crippen molar-refractivity contribution in [2.24, 2.45) is 10.8 Å². The number of hydrogen-bond donors (Lipinski definition) is 2. The van der Waals surface area contributed by atoms with Crippen molar-refractivity contribution in [1.82, 2.24) is 10.2 Å². The summed E-state index contributed by atoms with van der Waals surface area (Å²) in [7, 11) is 1.52. The third kappa shape index (κ3) is 4.39. The molecule has 20 heavy (non-hydrogen) atoms. The third-order valence-corrected chi connectivity index (χ3v) is 4.14. The molecule has 0 bridgehead atoms. The van der Waals surface area contributed by atoms with E-state index in [1.165, 1.54) is 18.9 Å². The molecule has 0 aliphatic heterocycles. The van der Waals surface area contributed by atoms with E-state index in [1.807, 2.05) is 0 Å². The molecule has 116 valence electrons. The number of likely N-dealkylation sites (N-methyl/N-ethyl adjacent to an activating group) is 1. The highest BCUT2D eigenvalue weighted by Crippen LogP contribution is 2.45. The van der Waals surface area contributed by atoms with Crippen LogP contribution in [0.25, 0.3) is 0 Å². The lowest BCUT2D eigenvalue weighted by atomic mass is 9.63. The maximum Gasteiger partial charge on any atom is 0.326 e. The molecule has 0 radical (unpaired) electrons. The van der Waals surface area contributed by atoms with Gasteiger partial charge in [0.2, 0.25) is 0 Å². The van der Waals surface area contributed by atoms with Crippen LogP contribution in [0.5, 0.6) is 0 Å². The smallest absolute Gasteiger partial charge is 0.326 e. The number of amides is 2. The second-order valence-corrected chi connectivity index (χ2v) is 7.68. The van der Waals surface area contributed by atoms with Crippen molar-refractivity contribution in [3.8, 4) is 0 Å². The van der Waals surface area contributed by atoms with Crippen LogP contribution in [0.3, 0.4) is 0 Å². The van der Waals surface area contributed by atoms with E-state index < -0.39 is 12.0 Å². The summed E-state index contributed by atoms with van der Waals surface area (Å²) in [6.07, 6.45) is 2.99. The lowest BCUT2D eigenvalue weighted by Gasteiger charge is -2.45. The SMILES string of the molecule is CC(C(=O)O)N(C)C(=O)NC1CC(C)(C)CC(C)(C)C1. The van der Waals surface area contributed by atoms with Crippen molar-refractivity contribution < 1.29 is 14.7 Å². The average Bonchev–Trinajstić information content (AvgIpc) is 2.22. The van der Waals surface area contributed by atoms with Crippen LogP contribution in [0, 0.1) is 10.8 Å². The zero-order valence-electron chi connectivity index (χ0n) is 13.5. The summed E-state index contributed by atoms with van der Waals surface area (Å²) in [5, 5.41) is 11.9. The Morgan fingerprint density at radius 2 is 1.65 bits per heavy atom. The minimum Gasteiger partial charge on any atom is -0.480 e. The van der Waals surface area contributed by atoms with Crippen LogP contribution in [0.4, 0.5) is 4.79 Å². The highest BCUT2D eigenvalue weighted by Gasteiger charge is 2.39. The van der Waals surface area contributed by atoms with E-state index in [-0.39, 0.29) is 22.9 Å². The monoisotopic (exact) mass is 284 g/mol. The Kier molecular flexibility index (Phi) is 4.72. The number of carbonyl (C=O) groups is 2. The van der Waals surface area contributed by atoms with Gasteiger partial charge in [-0.15, -0.1) is 0 Å². The molecule has 1 aliphatic carbocycles. The number of carboxylic acid groups (broad SMARTS) is 1. The third-order valence-electron chi connectivity index (χ3n) is 4.14. The fourth-order valence-corrected chi connectivity index (χ4v) is 3.57. The largest absolute Gasteiger partial charge is 0.480 e. The van der Waals surface area contributed by atoms with Crippen LogP contribution in [0.1, 0.15) is 53.9 Å². The van der Waals surface area contributed by atoms with E-state index in [2.05, 4.69) is 33.0 Å². The molecule has 0 heterocycles. The van der Waals surface area contributed by atoms with Crippen LogP contribution in [-0.4, -0.2) is 41.1 Å². The predicted octanol–water partition coefficient (Wildman–Crippen LogP) is 2.71. The van der Waals surface area contributed by atoms with E-state index in [9.17, 15) is 9.59 Å². The molecular weight excluding hydrogens is 256 g/mol. The minimum atomic E-state index is -0.994. The van der Waals surface area contributed by atoms with Crippen LogP contribution in [0.2, 0.25) is 0 Å². The van der Waals surface area contributed by atoms with E-state index in [4.69, 9.17) is 5.11 Å². The van der Waals surface area contributed by atoms with Gasteiger partial charge < -0.3 is 15.3 Å². The topological polar surface area (TPSA) is 69.6 Å². The fraction of sp³-hybridized carbons (Fsp3) is 0.867. The van der Waals surface area contributed by atoms with Gasteiger partial charge in [0.1, 0.15) is 6.04 Å². The second-order valence-electron chi connectivity index (χ2n) is 7.68. The fourth-order valence-electron chi connectivity index (χ4n) is 3.57. The first-order chi connectivity index (χ1) is 8.93. The molecule has 0 saturated heterocycles. The normalized spacial score (nSPS) is 22.9. The lowest BCUT2D eigenvalue weighted by Crippen LogP contribution is -2.52. The van der Waals surface area contributed by atoms with Crippen molar-refractivity contribution in [3.63, 3.8) is 0 Å². The number of urea groups is 1. The summed E-state index contributed by atoms with van der Waals surface area (Å²) in [6.45, 7) is 10.4. The van der Waals surface area contributed by atoms with Crippen molar-refractivity contribution in [2.75, 3.05) is 7.05 Å². The van der Waals surface area contributed by atoms with Gasteiger partial charge in [-0.3, -0.25) is 0 Å². The van der Waals surface area contributed by atoms with Gasteiger partial charge in [-0.25, -0.2) is 9.59 Å². The van der Waals surface area contributed by atoms with Crippen LogP contribution in [0.15, 0.2) is 0 Å². The maximum absolute atomic E-state index is 12.1. The summed E-state index contributed by atoms with van der Waals surface area (Å²) in [5.41, 5.74) is 0.382. The Hall–Kier alpha value is -1.26. The molecule has 0 spiro atoms. The van der Waals surface area contributed by atoms with E-state index >= 15 is 0 Å². The summed E-state index contributed by atoms with van der Waals surface area (Å²) >= 11 is 0. The number of aliphatic carboxylic acids is 1. The molecule has 5 heteroatoms. The van der Waals surface area contributed by atoms with E-state index in [0.29, 0.717) is 0 Å². The highest BCUT2D eigenvalue weighted by molar-refractivity contribution is 5.82.